The molecule has 3 N–H and O–H groups in total. The van der Waals surface area contributed by atoms with Gasteiger partial charge in [-0.3, -0.25) is 4.79 Å². The van der Waals surface area contributed by atoms with E-state index in [0.717, 1.165) is 29.5 Å². The number of amides is 1. The van der Waals surface area contributed by atoms with Crippen LogP contribution in [-0.4, -0.2) is 28.3 Å². The highest BCUT2D eigenvalue weighted by molar-refractivity contribution is 6.38. The molecule has 2 aliphatic rings. The Morgan fingerprint density at radius 2 is 1.82 bits per heavy atom. The van der Waals surface area contributed by atoms with Gasteiger partial charge in [0, 0.05) is 17.7 Å². The molecule has 1 aliphatic carbocycles. The van der Waals surface area contributed by atoms with Gasteiger partial charge in [-0.1, -0.05) is 54.1 Å². The van der Waals surface area contributed by atoms with Gasteiger partial charge in [0.2, 0.25) is 0 Å². The van der Waals surface area contributed by atoms with E-state index >= 15 is 0 Å². The molecule has 0 radical (unpaired) electrons. The molecule has 28 heavy (non-hydrogen) atoms. The highest BCUT2D eigenvalue weighted by atomic mass is 35.5. The first-order chi connectivity index (χ1) is 13.5. The fourth-order valence-corrected chi connectivity index (χ4v) is 4.87. The highest BCUT2D eigenvalue weighted by Crippen LogP contribution is 2.46. The molecule has 1 aliphatic heterocycles. The maximum absolute atomic E-state index is 12.9. The summed E-state index contributed by atoms with van der Waals surface area (Å²) in [5.74, 6) is 0.0328. The molecule has 4 nitrogen and oxygen atoms in total. The quantitative estimate of drug-likeness (QED) is 0.706. The SMILES string of the molecule is Cc1ccc(-c2ccccc2)c(Cl)c1C1=C(O)C2(CCC(CO)CC2)NC1=O. The first kappa shape index (κ1) is 19.0. The summed E-state index contributed by atoms with van der Waals surface area (Å²) in [6, 6.07) is 13.7. The van der Waals surface area contributed by atoms with Crippen molar-refractivity contribution in [3.63, 3.8) is 0 Å². The van der Waals surface area contributed by atoms with Crippen LogP contribution in [0, 0.1) is 12.8 Å². The van der Waals surface area contributed by atoms with Crippen LogP contribution in [0.1, 0.15) is 36.8 Å². The van der Waals surface area contributed by atoms with E-state index in [4.69, 9.17) is 11.6 Å². The third-order valence-electron chi connectivity index (χ3n) is 6.17. The van der Waals surface area contributed by atoms with Crippen LogP contribution in [0.2, 0.25) is 5.02 Å². The molecule has 0 unspecified atom stereocenters. The average Bonchev–Trinajstić information content (AvgIpc) is 2.94. The van der Waals surface area contributed by atoms with Crippen molar-refractivity contribution in [3.05, 3.63) is 64.4 Å². The Morgan fingerprint density at radius 3 is 2.46 bits per heavy atom. The molecule has 4 rings (SSSR count). The zero-order valence-corrected chi connectivity index (χ0v) is 16.6. The van der Waals surface area contributed by atoms with Crippen LogP contribution in [0.4, 0.5) is 0 Å². The Balaban J connectivity index is 1.81. The Bertz CT molecular complexity index is 944. The molecule has 1 spiro atoms. The minimum atomic E-state index is -0.739. The lowest BCUT2D eigenvalue weighted by Gasteiger charge is -2.36. The zero-order chi connectivity index (χ0) is 19.9. The molecule has 1 heterocycles. The Hall–Kier alpha value is -2.30. The van der Waals surface area contributed by atoms with Gasteiger partial charge in [0.05, 0.1) is 16.1 Å². The predicted octanol–water partition coefficient (Wildman–Crippen LogP) is 4.64. The van der Waals surface area contributed by atoms with Crippen molar-refractivity contribution >= 4 is 23.1 Å². The molecule has 2 aromatic rings. The van der Waals surface area contributed by atoms with Crippen molar-refractivity contribution < 1.29 is 15.0 Å². The second kappa shape index (κ2) is 7.26. The Kier molecular flexibility index (Phi) is 4.94. The summed E-state index contributed by atoms with van der Waals surface area (Å²) >= 11 is 6.77. The smallest absolute Gasteiger partial charge is 0.256 e. The molecule has 0 saturated heterocycles. The third-order valence-corrected chi connectivity index (χ3v) is 6.56. The summed E-state index contributed by atoms with van der Waals surface area (Å²) < 4.78 is 0. The molecule has 146 valence electrons. The van der Waals surface area contributed by atoms with E-state index in [0.29, 0.717) is 23.4 Å². The highest BCUT2D eigenvalue weighted by Gasteiger charge is 2.48. The largest absolute Gasteiger partial charge is 0.509 e. The standard InChI is InChI=1S/C23H24ClNO3/c1-14-7-8-17(16-5-3-2-4-6-16)20(24)18(14)19-21(27)23(25-22(19)28)11-9-15(13-26)10-12-23/h2-8,15,26-27H,9-13H2,1H3,(H,25,28). The molecule has 0 aromatic heterocycles. The minimum absolute atomic E-state index is 0.0871. The van der Waals surface area contributed by atoms with Crippen LogP contribution in [0.5, 0.6) is 0 Å². The second-order valence-electron chi connectivity index (χ2n) is 7.87. The Morgan fingerprint density at radius 1 is 1.14 bits per heavy atom. The number of rotatable bonds is 3. The van der Waals surface area contributed by atoms with Gasteiger partial charge in [0.1, 0.15) is 5.76 Å². The lowest BCUT2D eigenvalue weighted by molar-refractivity contribution is -0.116. The summed E-state index contributed by atoms with van der Waals surface area (Å²) in [6.45, 7) is 2.04. The molecule has 5 heteroatoms. The fourth-order valence-electron chi connectivity index (χ4n) is 4.45. The molecule has 0 bridgehead atoms. The molecular formula is C23H24ClNO3. The van der Waals surface area contributed by atoms with E-state index in [1.54, 1.807) is 0 Å². The Labute approximate surface area is 169 Å². The number of carbonyl (C=O) groups excluding carboxylic acids is 1. The first-order valence-electron chi connectivity index (χ1n) is 9.69. The predicted molar refractivity (Wildman–Crippen MR) is 111 cm³/mol. The van der Waals surface area contributed by atoms with Crippen LogP contribution in [0.15, 0.2) is 48.2 Å². The van der Waals surface area contributed by atoms with Gasteiger partial charge >= 0.3 is 0 Å². The number of halogens is 1. The van der Waals surface area contributed by atoms with Gasteiger partial charge in [0.25, 0.3) is 5.91 Å². The van der Waals surface area contributed by atoms with E-state index in [1.165, 1.54) is 0 Å². The van der Waals surface area contributed by atoms with Gasteiger partial charge in [-0.05, 0) is 49.7 Å². The van der Waals surface area contributed by atoms with Gasteiger partial charge in [0.15, 0.2) is 0 Å². The fraction of sp³-hybridized carbons (Fsp3) is 0.348. The number of carbonyl (C=O) groups is 1. The van der Waals surface area contributed by atoms with Crippen LogP contribution < -0.4 is 5.32 Å². The van der Waals surface area contributed by atoms with Crippen LogP contribution in [0.3, 0.4) is 0 Å². The van der Waals surface area contributed by atoms with Crippen LogP contribution in [0.25, 0.3) is 16.7 Å². The van der Waals surface area contributed by atoms with Gasteiger partial charge in [-0.2, -0.15) is 0 Å². The summed E-state index contributed by atoms with van der Waals surface area (Å²) in [6.07, 6.45) is 2.78. The molecule has 1 fully saturated rings. The molecule has 1 saturated carbocycles. The van der Waals surface area contributed by atoms with E-state index in [-0.39, 0.29) is 29.8 Å². The number of hydrogen-bond acceptors (Lipinski definition) is 3. The number of aliphatic hydroxyl groups is 2. The minimum Gasteiger partial charge on any atom is -0.509 e. The number of hydrogen-bond donors (Lipinski definition) is 3. The van der Waals surface area contributed by atoms with Crippen molar-refractivity contribution in [2.75, 3.05) is 6.61 Å². The molecular weight excluding hydrogens is 374 g/mol. The van der Waals surface area contributed by atoms with E-state index in [9.17, 15) is 15.0 Å². The van der Waals surface area contributed by atoms with Crippen LogP contribution in [-0.2, 0) is 4.79 Å². The second-order valence-corrected chi connectivity index (χ2v) is 8.25. The van der Waals surface area contributed by atoms with Crippen molar-refractivity contribution in [1.29, 1.82) is 0 Å². The number of benzene rings is 2. The summed E-state index contributed by atoms with van der Waals surface area (Å²) in [5, 5.41) is 24.0. The molecule has 1 amide bonds. The van der Waals surface area contributed by atoms with E-state index in [1.807, 2.05) is 49.4 Å². The monoisotopic (exact) mass is 397 g/mol. The van der Waals surface area contributed by atoms with Gasteiger partial charge in [-0.25, -0.2) is 0 Å². The summed E-state index contributed by atoms with van der Waals surface area (Å²) in [7, 11) is 0. The van der Waals surface area contributed by atoms with Crippen molar-refractivity contribution in [1.82, 2.24) is 5.32 Å². The number of aliphatic hydroxyl groups excluding tert-OH is 2. The van der Waals surface area contributed by atoms with Gasteiger partial charge < -0.3 is 15.5 Å². The molecule has 0 atom stereocenters. The van der Waals surface area contributed by atoms with E-state index in [2.05, 4.69) is 5.32 Å². The zero-order valence-electron chi connectivity index (χ0n) is 15.8. The van der Waals surface area contributed by atoms with Crippen molar-refractivity contribution in [3.8, 4) is 11.1 Å². The lowest BCUT2D eigenvalue weighted by Crippen LogP contribution is -2.47. The number of aryl methyl sites for hydroxylation is 1. The maximum atomic E-state index is 12.9. The number of nitrogens with one attached hydrogen (secondary N) is 1. The van der Waals surface area contributed by atoms with Crippen molar-refractivity contribution in [2.24, 2.45) is 5.92 Å². The maximum Gasteiger partial charge on any atom is 0.256 e. The topological polar surface area (TPSA) is 69.6 Å². The van der Waals surface area contributed by atoms with Crippen LogP contribution >= 0.6 is 11.6 Å². The summed E-state index contributed by atoms with van der Waals surface area (Å²) in [5.41, 5.74) is 2.78. The molecule has 2 aromatic carbocycles. The first-order valence-corrected chi connectivity index (χ1v) is 10.1. The van der Waals surface area contributed by atoms with Gasteiger partial charge in [-0.15, -0.1) is 0 Å². The summed E-state index contributed by atoms with van der Waals surface area (Å²) in [4.78, 5) is 12.9. The van der Waals surface area contributed by atoms with Crippen molar-refractivity contribution in [2.45, 2.75) is 38.1 Å². The van der Waals surface area contributed by atoms with E-state index < -0.39 is 5.54 Å². The average molecular weight is 398 g/mol. The third kappa shape index (κ3) is 3.01. The normalized spacial score (nSPS) is 24.7. The lowest BCUT2D eigenvalue weighted by atomic mass is 9.76.